The number of carbonyl (C=O) groups is 1. The van der Waals surface area contributed by atoms with Crippen LogP contribution in [0, 0.1) is 0 Å². The predicted molar refractivity (Wildman–Crippen MR) is 56.4 cm³/mol. The maximum absolute atomic E-state index is 11.3. The van der Waals surface area contributed by atoms with Gasteiger partial charge in [-0.15, -0.1) is 0 Å². The van der Waals surface area contributed by atoms with E-state index in [1.165, 1.54) is 13.2 Å². The van der Waals surface area contributed by atoms with Crippen molar-refractivity contribution in [1.82, 2.24) is 9.97 Å². The van der Waals surface area contributed by atoms with Crippen LogP contribution in [0.3, 0.4) is 0 Å². The molecule has 2 heterocycles. The lowest BCUT2D eigenvalue weighted by Gasteiger charge is -2.26. The summed E-state index contributed by atoms with van der Waals surface area (Å²) < 4.78 is 9.84. The maximum Gasteiger partial charge on any atom is 0.356 e. The molecule has 1 aliphatic heterocycles. The smallest absolute Gasteiger partial charge is 0.356 e. The van der Waals surface area contributed by atoms with E-state index in [9.17, 15) is 4.79 Å². The van der Waals surface area contributed by atoms with Crippen LogP contribution in [-0.4, -0.2) is 49.4 Å². The number of methoxy groups -OCH3 is 1. The van der Waals surface area contributed by atoms with E-state index in [-0.39, 0.29) is 5.69 Å². The molecule has 1 saturated heterocycles. The molecule has 0 N–H and O–H groups in total. The molecular weight excluding hydrogens is 210 g/mol. The lowest BCUT2D eigenvalue weighted by Crippen LogP contribution is -2.37. The van der Waals surface area contributed by atoms with Gasteiger partial charge in [-0.25, -0.2) is 14.8 Å². The van der Waals surface area contributed by atoms with E-state index >= 15 is 0 Å². The number of ether oxygens (including phenoxy) is 2. The van der Waals surface area contributed by atoms with Crippen molar-refractivity contribution in [2.45, 2.75) is 0 Å². The van der Waals surface area contributed by atoms with Gasteiger partial charge in [0.25, 0.3) is 0 Å². The molecule has 0 aliphatic carbocycles. The Balaban J connectivity index is 2.17. The zero-order valence-corrected chi connectivity index (χ0v) is 9.05. The summed E-state index contributed by atoms with van der Waals surface area (Å²) in [7, 11) is 1.33. The van der Waals surface area contributed by atoms with Gasteiger partial charge in [0, 0.05) is 19.3 Å². The summed E-state index contributed by atoms with van der Waals surface area (Å²) >= 11 is 0. The maximum atomic E-state index is 11.3. The highest BCUT2D eigenvalue weighted by Crippen LogP contribution is 2.10. The SMILES string of the molecule is COC(=O)c1ccnc(N2CCOCC2)n1. The Kier molecular flexibility index (Phi) is 3.31. The van der Waals surface area contributed by atoms with Crippen molar-refractivity contribution in [2.24, 2.45) is 0 Å². The van der Waals surface area contributed by atoms with E-state index in [4.69, 9.17) is 4.74 Å². The summed E-state index contributed by atoms with van der Waals surface area (Å²) in [5, 5.41) is 0. The van der Waals surface area contributed by atoms with Crippen LogP contribution >= 0.6 is 0 Å². The standard InChI is InChI=1S/C10H13N3O3/c1-15-9(14)8-2-3-11-10(12-8)13-4-6-16-7-5-13/h2-3H,4-7H2,1H3. The highest BCUT2D eigenvalue weighted by Gasteiger charge is 2.15. The first-order valence-corrected chi connectivity index (χ1v) is 5.05. The number of anilines is 1. The summed E-state index contributed by atoms with van der Waals surface area (Å²) in [5.41, 5.74) is 0.277. The topological polar surface area (TPSA) is 64.5 Å². The number of hydrogen-bond acceptors (Lipinski definition) is 6. The first kappa shape index (κ1) is 10.8. The molecular formula is C10H13N3O3. The molecule has 0 bridgehead atoms. The van der Waals surface area contributed by atoms with Crippen molar-refractivity contribution >= 4 is 11.9 Å². The lowest BCUT2D eigenvalue weighted by molar-refractivity contribution is 0.0594. The van der Waals surface area contributed by atoms with Crippen molar-refractivity contribution in [1.29, 1.82) is 0 Å². The number of morpholine rings is 1. The Labute approximate surface area is 93.2 Å². The Bertz CT molecular complexity index is 377. The highest BCUT2D eigenvalue weighted by atomic mass is 16.5. The number of hydrogen-bond donors (Lipinski definition) is 0. The van der Waals surface area contributed by atoms with E-state index in [0.29, 0.717) is 19.2 Å². The van der Waals surface area contributed by atoms with E-state index < -0.39 is 5.97 Å². The third-order valence-corrected chi connectivity index (χ3v) is 2.33. The summed E-state index contributed by atoms with van der Waals surface area (Å²) in [4.78, 5) is 21.6. The van der Waals surface area contributed by atoms with Crippen LogP contribution < -0.4 is 4.90 Å². The molecule has 6 heteroatoms. The monoisotopic (exact) mass is 223 g/mol. The van der Waals surface area contributed by atoms with Crippen molar-refractivity contribution in [2.75, 3.05) is 38.3 Å². The van der Waals surface area contributed by atoms with E-state index in [1.807, 2.05) is 4.90 Å². The van der Waals surface area contributed by atoms with Crippen LogP contribution in [0.4, 0.5) is 5.95 Å². The fourth-order valence-corrected chi connectivity index (χ4v) is 1.48. The van der Waals surface area contributed by atoms with Crippen LogP contribution in [0.2, 0.25) is 0 Å². The molecule has 1 aromatic rings. The number of carbonyl (C=O) groups excluding carboxylic acids is 1. The average Bonchev–Trinajstić information content (AvgIpc) is 2.39. The van der Waals surface area contributed by atoms with Crippen LogP contribution in [0.5, 0.6) is 0 Å². The molecule has 16 heavy (non-hydrogen) atoms. The molecule has 0 radical (unpaired) electrons. The van der Waals surface area contributed by atoms with Gasteiger partial charge in [0.1, 0.15) is 0 Å². The third-order valence-electron chi connectivity index (χ3n) is 2.33. The summed E-state index contributed by atoms with van der Waals surface area (Å²) in [6, 6.07) is 1.54. The molecule has 0 atom stereocenters. The van der Waals surface area contributed by atoms with E-state index in [2.05, 4.69) is 14.7 Å². The van der Waals surface area contributed by atoms with Gasteiger partial charge in [0.2, 0.25) is 5.95 Å². The second-order valence-electron chi connectivity index (χ2n) is 3.33. The molecule has 0 spiro atoms. The molecule has 1 aromatic heterocycles. The molecule has 1 fully saturated rings. The molecule has 0 unspecified atom stereocenters. The third kappa shape index (κ3) is 2.27. The average molecular weight is 223 g/mol. The number of nitrogens with zero attached hydrogens (tertiary/aromatic N) is 3. The molecule has 0 amide bonds. The van der Waals surface area contributed by atoms with Crippen LogP contribution in [0.25, 0.3) is 0 Å². The van der Waals surface area contributed by atoms with Crippen LogP contribution in [0.1, 0.15) is 10.5 Å². The quantitative estimate of drug-likeness (QED) is 0.662. The molecule has 0 aromatic carbocycles. The zero-order valence-electron chi connectivity index (χ0n) is 9.05. The number of aromatic nitrogens is 2. The van der Waals surface area contributed by atoms with Crippen molar-refractivity contribution in [3.05, 3.63) is 18.0 Å². The Morgan fingerprint density at radius 2 is 2.25 bits per heavy atom. The van der Waals surface area contributed by atoms with Crippen LogP contribution in [-0.2, 0) is 9.47 Å². The largest absolute Gasteiger partial charge is 0.464 e. The van der Waals surface area contributed by atoms with Gasteiger partial charge in [-0.1, -0.05) is 0 Å². The van der Waals surface area contributed by atoms with Crippen molar-refractivity contribution in [3.63, 3.8) is 0 Å². The predicted octanol–water partition coefficient (Wildman–Crippen LogP) is 0.0998. The van der Waals surface area contributed by atoms with Gasteiger partial charge >= 0.3 is 5.97 Å². The molecule has 6 nitrogen and oxygen atoms in total. The van der Waals surface area contributed by atoms with Crippen molar-refractivity contribution in [3.8, 4) is 0 Å². The Hall–Kier alpha value is -1.69. The first-order chi connectivity index (χ1) is 7.81. The summed E-state index contributed by atoms with van der Waals surface area (Å²) in [6.07, 6.45) is 1.56. The summed E-state index contributed by atoms with van der Waals surface area (Å²) in [5.74, 6) is 0.100. The number of esters is 1. The van der Waals surface area contributed by atoms with Gasteiger partial charge in [-0.2, -0.15) is 0 Å². The van der Waals surface area contributed by atoms with Crippen LogP contribution in [0.15, 0.2) is 12.3 Å². The molecule has 0 saturated carbocycles. The first-order valence-electron chi connectivity index (χ1n) is 5.05. The van der Waals surface area contributed by atoms with Gasteiger partial charge < -0.3 is 14.4 Å². The zero-order chi connectivity index (χ0) is 11.4. The van der Waals surface area contributed by atoms with Gasteiger partial charge in [-0.05, 0) is 6.07 Å². The minimum absolute atomic E-state index is 0.277. The fourth-order valence-electron chi connectivity index (χ4n) is 1.48. The lowest BCUT2D eigenvalue weighted by atomic mass is 10.4. The summed E-state index contributed by atoms with van der Waals surface area (Å²) in [6.45, 7) is 2.80. The second-order valence-corrected chi connectivity index (χ2v) is 3.33. The van der Waals surface area contributed by atoms with Gasteiger partial charge in [0.05, 0.1) is 20.3 Å². The fraction of sp³-hybridized carbons (Fsp3) is 0.500. The normalized spacial score (nSPS) is 15.9. The minimum Gasteiger partial charge on any atom is -0.464 e. The molecule has 2 rings (SSSR count). The van der Waals surface area contributed by atoms with Gasteiger partial charge in [0.15, 0.2) is 5.69 Å². The Morgan fingerprint density at radius 1 is 1.50 bits per heavy atom. The minimum atomic E-state index is -0.447. The molecule has 1 aliphatic rings. The molecule has 86 valence electrons. The highest BCUT2D eigenvalue weighted by molar-refractivity contribution is 5.87. The number of rotatable bonds is 2. The van der Waals surface area contributed by atoms with Gasteiger partial charge in [-0.3, -0.25) is 0 Å². The van der Waals surface area contributed by atoms with E-state index in [0.717, 1.165) is 13.1 Å². The van der Waals surface area contributed by atoms with E-state index in [1.54, 1.807) is 6.20 Å². The van der Waals surface area contributed by atoms with Crippen molar-refractivity contribution < 1.29 is 14.3 Å². The second kappa shape index (κ2) is 4.89. The Morgan fingerprint density at radius 3 is 2.94 bits per heavy atom.